The summed E-state index contributed by atoms with van der Waals surface area (Å²) >= 11 is 5.97. The number of aryl methyl sites for hydroxylation is 1. The number of carboxylic acid groups (broad SMARTS) is 1. The highest BCUT2D eigenvalue weighted by Gasteiger charge is 2.35. The van der Waals surface area contributed by atoms with Crippen LogP contribution < -0.4 is 0 Å². The standard InChI is InChI=1S/C18H17ClFNO4S/c19-14-3-6-16-13(9-14)10-21(11-17(16)18(22)23)26(24,25)8-7-12-1-4-15(20)5-2-12/h1-6,9,17H,7-8,10-11H2,(H,22,23). The van der Waals surface area contributed by atoms with E-state index in [2.05, 4.69) is 0 Å². The van der Waals surface area contributed by atoms with Crippen molar-refractivity contribution in [3.63, 3.8) is 0 Å². The van der Waals surface area contributed by atoms with Gasteiger partial charge in [-0.2, -0.15) is 4.31 Å². The van der Waals surface area contributed by atoms with Gasteiger partial charge in [-0.25, -0.2) is 12.8 Å². The lowest BCUT2D eigenvalue weighted by Gasteiger charge is -2.32. The Morgan fingerprint density at radius 2 is 1.92 bits per heavy atom. The predicted octanol–water partition coefficient (Wildman–Crippen LogP) is 3.04. The lowest BCUT2D eigenvalue weighted by atomic mass is 9.91. The topological polar surface area (TPSA) is 74.7 Å². The Bertz CT molecular complexity index is 931. The van der Waals surface area contributed by atoms with Crippen LogP contribution in [0.5, 0.6) is 0 Å². The number of carbonyl (C=O) groups is 1. The molecule has 1 aliphatic heterocycles. The van der Waals surface area contributed by atoms with E-state index >= 15 is 0 Å². The molecule has 1 unspecified atom stereocenters. The van der Waals surface area contributed by atoms with Gasteiger partial charge in [0.15, 0.2) is 0 Å². The van der Waals surface area contributed by atoms with Crippen molar-refractivity contribution in [3.8, 4) is 0 Å². The van der Waals surface area contributed by atoms with Crippen LogP contribution in [0, 0.1) is 5.82 Å². The third kappa shape index (κ3) is 4.06. The van der Waals surface area contributed by atoms with Crippen LogP contribution in [0.1, 0.15) is 22.6 Å². The van der Waals surface area contributed by atoms with Crippen LogP contribution in [0.4, 0.5) is 4.39 Å². The highest BCUT2D eigenvalue weighted by Crippen LogP contribution is 2.32. The lowest BCUT2D eigenvalue weighted by molar-refractivity contribution is -0.139. The molecular weight excluding hydrogens is 381 g/mol. The van der Waals surface area contributed by atoms with E-state index in [1.165, 1.54) is 28.6 Å². The molecule has 1 atom stereocenters. The van der Waals surface area contributed by atoms with Gasteiger partial charge in [-0.05, 0) is 47.4 Å². The van der Waals surface area contributed by atoms with Crippen molar-refractivity contribution in [2.75, 3.05) is 12.3 Å². The Labute approximate surface area is 156 Å². The number of carboxylic acids is 1. The summed E-state index contributed by atoms with van der Waals surface area (Å²) in [6.45, 7) is -0.0266. The van der Waals surface area contributed by atoms with E-state index in [4.69, 9.17) is 11.6 Å². The van der Waals surface area contributed by atoms with E-state index in [1.54, 1.807) is 18.2 Å². The Morgan fingerprint density at radius 1 is 1.23 bits per heavy atom. The second-order valence-corrected chi connectivity index (χ2v) is 8.74. The van der Waals surface area contributed by atoms with E-state index in [9.17, 15) is 22.7 Å². The average molecular weight is 398 g/mol. The van der Waals surface area contributed by atoms with Crippen LogP contribution in [0.3, 0.4) is 0 Å². The molecule has 0 aliphatic carbocycles. The summed E-state index contributed by atoms with van der Waals surface area (Å²) < 4.78 is 39.6. The van der Waals surface area contributed by atoms with Crippen molar-refractivity contribution in [2.24, 2.45) is 0 Å². The molecule has 0 bridgehead atoms. The maximum absolute atomic E-state index is 13.0. The number of sulfonamides is 1. The minimum atomic E-state index is -3.68. The molecule has 1 aliphatic rings. The molecular formula is C18H17ClFNO4S. The molecule has 3 rings (SSSR count). The molecule has 1 N–H and O–H groups in total. The third-order valence-electron chi connectivity index (χ3n) is 4.47. The highest BCUT2D eigenvalue weighted by molar-refractivity contribution is 7.89. The van der Waals surface area contributed by atoms with Crippen molar-refractivity contribution in [1.82, 2.24) is 4.31 Å². The van der Waals surface area contributed by atoms with E-state index in [-0.39, 0.29) is 31.1 Å². The van der Waals surface area contributed by atoms with Gasteiger partial charge in [0.1, 0.15) is 5.82 Å². The summed E-state index contributed by atoms with van der Waals surface area (Å²) in [5.74, 6) is -2.57. The molecule has 0 saturated heterocycles. The zero-order valence-electron chi connectivity index (χ0n) is 13.7. The smallest absolute Gasteiger partial charge is 0.312 e. The molecule has 8 heteroatoms. The first-order chi connectivity index (χ1) is 12.3. The average Bonchev–Trinajstić information content (AvgIpc) is 2.60. The van der Waals surface area contributed by atoms with Gasteiger partial charge in [0.25, 0.3) is 0 Å². The van der Waals surface area contributed by atoms with Crippen molar-refractivity contribution in [3.05, 3.63) is 70.0 Å². The maximum Gasteiger partial charge on any atom is 0.312 e. The number of benzene rings is 2. The zero-order chi connectivity index (χ0) is 18.9. The molecule has 1 heterocycles. The predicted molar refractivity (Wildman–Crippen MR) is 96.1 cm³/mol. The number of aliphatic carboxylic acids is 1. The summed E-state index contributed by atoms with van der Waals surface area (Å²) in [6.07, 6.45) is 0.221. The molecule has 138 valence electrons. The normalized spacial score (nSPS) is 17.7. The number of halogens is 2. The van der Waals surface area contributed by atoms with Gasteiger partial charge in [0.2, 0.25) is 10.0 Å². The monoisotopic (exact) mass is 397 g/mol. The van der Waals surface area contributed by atoms with Gasteiger partial charge in [-0.15, -0.1) is 0 Å². The minimum Gasteiger partial charge on any atom is -0.481 e. The fourth-order valence-corrected chi connectivity index (χ4v) is 4.72. The summed E-state index contributed by atoms with van der Waals surface area (Å²) in [6, 6.07) is 10.5. The summed E-state index contributed by atoms with van der Waals surface area (Å²) in [4.78, 5) is 11.6. The zero-order valence-corrected chi connectivity index (χ0v) is 15.3. The molecule has 5 nitrogen and oxygen atoms in total. The largest absolute Gasteiger partial charge is 0.481 e. The molecule has 0 aromatic heterocycles. The lowest BCUT2D eigenvalue weighted by Crippen LogP contribution is -2.41. The van der Waals surface area contributed by atoms with Gasteiger partial charge in [-0.1, -0.05) is 29.8 Å². The van der Waals surface area contributed by atoms with Gasteiger partial charge >= 0.3 is 5.97 Å². The number of hydrogen-bond acceptors (Lipinski definition) is 3. The Hall–Kier alpha value is -1.96. The van der Waals surface area contributed by atoms with Crippen molar-refractivity contribution in [1.29, 1.82) is 0 Å². The molecule has 0 saturated carbocycles. The fraction of sp³-hybridized carbons (Fsp3) is 0.278. The first kappa shape index (κ1) is 18.8. The molecule has 0 spiro atoms. The van der Waals surface area contributed by atoms with Crippen LogP contribution >= 0.6 is 11.6 Å². The maximum atomic E-state index is 13.0. The van der Waals surface area contributed by atoms with Gasteiger partial charge in [0, 0.05) is 18.1 Å². The quantitative estimate of drug-likeness (QED) is 0.841. The van der Waals surface area contributed by atoms with E-state index < -0.39 is 21.9 Å². The number of fused-ring (bicyclic) bond motifs is 1. The van der Waals surface area contributed by atoms with Crippen LogP contribution in [-0.2, 0) is 27.8 Å². The molecule has 0 fully saturated rings. The molecule has 0 amide bonds. The molecule has 26 heavy (non-hydrogen) atoms. The second-order valence-electron chi connectivity index (χ2n) is 6.22. The Balaban J connectivity index is 1.81. The SMILES string of the molecule is O=C(O)C1CN(S(=O)(=O)CCc2ccc(F)cc2)Cc2cc(Cl)ccc21. The summed E-state index contributed by atoms with van der Waals surface area (Å²) in [5.41, 5.74) is 1.89. The van der Waals surface area contributed by atoms with Crippen LogP contribution in [0.25, 0.3) is 0 Å². The molecule has 0 radical (unpaired) electrons. The number of hydrogen-bond donors (Lipinski definition) is 1. The van der Waals surface area contributed by atoms with Gasteiger partial charge in [-0.3, -0.25) is 4.79 Å². The minimum absolute atomic E-state index is 0.0887. The first-order valence-electron chi connectivity index (χ1n) is 7.99. The molecule has 2 aromatic rings. The summed E-state index contributed by atoms with van der Waals surface area (Å²) in [5, 5.41) is 9.91. The fourth-order valence-electron chi connectivity index (χ4n) is 3.06. The van der Waals surface area contributed by atoms with Crippen LogP contribution in [0.2, 0.25) is 5.02 Å². The second kappa shape index (κ2) is 7.34. The summed E-state index contributed by atoms with van der Waals surface area (Å²) in [7, 11) is -3.68. The number of rotatable bonds is 5. The first-order valence-corrected chi connectivity index (χ1v) is 9.98. The van der Waals surface area contributed by atoms with Crippen molar-refractivity contribution in [2.45, 2.75) is 18.9 Å². The Kier molecular flexibility index (Phi) is 5.32. The van der Waals surface area contributed by atoms with Crippen molar-refractivity contribution >= 4 is 27.6 Å². The third-order valence-corrected chi connectivity index (χ3v) is 6.49. The highest BCUT2D eigenvalue weighted by atomic mass is 35.5. The van der Waals surface area contributed by atoms with Gasteiger partial charge in [0.05, 0.1) is 11.7 Å². The van der Waals surface area contributed by atoms with Gasteiger partial charge < -0.3 is 5.11 Å². The van der Waals surface area contributed by atoms with Crippen LogP contribution in [0.15, 0.2) is 42.5 Å². The van der Waals surface area contributed by atoms with E-state index in [0.717, 1.165) is 0 Å². The number of nitrogens with zero attached hydrogens (tertiary/aromatic N) is 1. The Morgan fingerprint density at radius 3 is 2.58 bits per heavy atom. The van der Waals surface area contributed by atoms with Crippen molar-refractivity contribution < 1.29 is 22.7 Å². The van der Waals surface area contributed by atoms with E-state index in [1.807, 2.05) is 0 Å². The van der Waals surface area contributed by atoms with Crippen LogP contribution in [-0.4, -0.2) is 36.1 Å². The van der Waals surface area contributed by atoms with E-state index in [0.29, 0.717) is 21.7 Å². The molecule has 2 aromatic carbocycles.